The number of nitrogens with one attached hydrogen (secondary N) is 1. The van der Waals surface area contributed by atoms with Crippen LogP contribution in [0.2, 0.25) is 0 Å². The lowest BCUT2D eigenvalue weighted by Crippen LogP contribution is -2.23. The van der Waals surface area contributed by atoms with Crippen molar-refractivity contribution in [3.63, 3.8) is 0 Å². The first-order valence-corrected chi connectivity index (χ1v) is 9.77. The predicted octanol–water partition coefficient (Wildman–Crippen LogP) is 1.52. The topological polar surface area (TPSA) is 119 Å². The van der Waals surface area contributed by atoms with E-state index in [4.69, 9.17) is 4.74 Å². The summed E-state index contributed by atoms with van der Waals surface area (Å²) in [6, 6.07) is 11.3. The Morgan fingerprint density at radius 3 is 2.21 bits per heavy atom. The van der Waals surface area contributed by atoms with Gasteiger partial charge in [-0.25, -0.2) is 22.3 Å². The van der Waals surface area contributed by atoms with Crippen molar-refractivity contribution in [3.8, 4) is 0 Å². The summed E-state index contributed by atoms with van der Waals surface area (Å²) in [7, 11) is 0.313. The van der Waals surface area contributed by atoms with Crippen LogP contribution < -0.4 is 5.32 Å². The molecular formula is C19H20N2O7S. The molecule has 0 aromatic heterocycles. The molecule has 1 N–H and O–H groups in total. The van der Waals surface area contributed by atoms with Gasteiger partial charge in [0.2, 0.25) is 10.0 Å². The van der Waals surface area contributed by atoms with Crippen molar-refractivity contribution in [2.24, 2.45) is 0 Å². The fourth-order valence-corrected chi connectivity index (χ4v) is 3.16. The smallest absolute Gasteiger partial charge is 0.338 e. The van der Waals surface area contributed by atoms with Gasteiger partial charge >= 0.3 is 11.9 Å². The molecule has 0 aliphatic heterocycles. The molecule has 0 radical (unpaired) electrons. The number of methoxy groups -OCH3 is 1. The molecule has 10 heteroatoms. The van der Waals surface area contributed by atoms with E-state index in [1.807, 2.05) is 0 Å². The van der Waals surface area contributed by atoms with Crippen LogP contribution in [0.25, 0.3) is 0 Å². The van der Waals surface area contributed by atoms with Gasteiger partial charge in [0.25, 0.3) is 5.91 Å². The van der Waals surface area contributed by atoms with E-state index in [0.29, 0.717) is 11.3 Å². The van der Waals surface area contributed by atoms with Crippen LogP contribution in [0.1, 0.15) is 20.7 Å². The number of carbonyl (C=O) groups is 3. The van der Waals surface area contributed by atoms with E-state index in [9.17, 15) is 22.8 Å². The molecule has 9 nitrogen and oxygen atoms in total. The quantitative estimate of drug-likeness (QED) is 0.675. The lowest BCUT2D eigenvalue weighted by atomic mass is 10.2. The van der Waals surface area contributed by atoms with Crippen LogP contribution in [0.5, 0.6) is 0 Å². The molecule has 29 heavy (non-hydrogen) atoms. The van der Waals surface area contributed by atoms with Crippen molar-refractivity contribution in [1.29, 1.82) is 0 Å². The summed E-state index contributed by atoms with van der Waals surface area (Å²) in [5, 5.41) is 2.51. The third kappa shape index (κ3) is 5.62. The second-order valence-corrected chi connectivity index (χ2v) is 8.16. The number of anilines is 1. The van der Waals surface area contributed by atoms with Gasteiger partial charge in [-0.15, -0.1) is 0 Å². The summed E-state index contributed by atoms with van der Waals surface area (Å²) in [6.07, 6.45) is 0. The van der Waals surface area contributed by atoms with Gasteiger partial charge in [-0.2, -0.15) is 0 Å². The largest absolute Gasteiger partial charge is 0.465 e. The molecule has 0 saturated heterocycles. The molecule has 0 atom stereocenters. The molecule has 2 rings (SSSR count). The number of nitrogens with zero attached hydrogens (tertiary/aromatic N) is 1. The Morgan fingerprint density at radius 1 is 0.966 bits per heavy atom. The van der Waals surface area contributed by atoms with E-state index in [1.54, 1.807) is 0 Å². The number of carbonyl (C=O) groups excluding carboxylic acids is 3. The van der Waals surface area contributed by atoms with Crippen molar-refractivity contribution in [2.75, 3.05) is 33.1 Å². The van der Waals surface area contributed by atoms with Crippen LogP contribution in [0.4, 0.5) is 5.69 Å². The third-order valence-corrected chi connectivity index (χ3v) is 5.58. The summed E-state index contributed by atoms with van der Waals surface area (Å²) in [6.45, 7) is -0.567. The molecule has 1 amide bonds. The highest BCUT2D eigenvalue weighted by Crippen LogP contribution is 2.16. The first-order valence-electron chi connectivity index (χ1n) is 8.33. The maximum atomic E-state index is 12.1. The van der Waals surface area contributed by atoms with E-state index in [1.165, 1.54) is 69.7 Å². The van der Waals surface area contributed by atoms with Crippen molar-refractivity contribution in [2.45, 2.75) is 4.90 Å². The number of amides is 1. The van der Waals surface area contributed by atoms with Crippen molar-refractivity contribution >= 4 is 33.6 Å². The fourth-order valence-electron chi connectivity index (χ4n) is 2.21. The zero-order valence-corrected chi connectivity index (χ0v) is 16.9. The van der Waals surface area contributed by atoms with E-state index in [2.05, 4.69) is 10.1 Å². The highest BCUT2D eigenvalue weighted by molar-refractivity contribution is 7.89. The first-order chi connectivity index (χ1) is 13.6. The summed E-state index contributed by atoms with van der Waals surface area (Å²) in [4.78, 5) is 35.4. The molecule has 0 heterocycles. The molecule has 0 bridgehead atoms. The molecular weight excluding hydrogens is 400 g/mol. The minimum Gasteiger partial charge on any atom is -0.465 e. The molecule has 0 saturated carbocycles. The van der Waals surface area contributed by atoms with Crippen LogP contribution in [0.15, 0.2) is 53.4 Å². The average molecular weight is 420 g/mol. The SMILES string of the molecule is COC(=O)c1ccc(NC(=O)COC(=O)c2cccc(S(=O)(=O)N(C)C)c2)cc1. The second kappa shape index (κ2) is 9.30. The molecule has 2 aromatic rings. The average Bonchev–Trinajstić information content (AvgIpc) is 2.72. The molecule has 0 spiro atoms. The lowest BCUT2D eigenvalue weighted by molar-refractivity contribution is -0.119. The van der Waals surface area contributed by atoms with Crippen LogP contribution in [-0.2, 0) is 24.3 Å². The Morgan fingerprint density at radius 2 is 1.62 bits per heavy atom. The number of benzene rings is 2. The van der Waals surface area contributed by atoms with Gasteiger partial charge in [-0.3, -0.25) is 4.79 Å². The third-order valence-electron chi connectivity index (χ3n) is 3.77. The Labute approximate surface area is 168 Å². The fraction of sp³-hybridized carbons (Fsp3) is 0.211. The van der Waals surface area contributed by atoms with Crippen LogP contribution in [0.3, 0.4) is 0 Å². The zero-order valence-electron chi connectivity index (χ0n) is 16.0. The monoisotopic (exact) mass is 420 g/mol. The number of sulfonamides is 1. The standard InChI is InChI=1S/C19H20N2O7S/c1-21(2)29(25,26)16-6-4-5-14(11-16)19(24)28-12-17(22)20-15-9-7-13(8-10-15)18(23)27-3/h4-11H,12H2,1-3H3,(H,20,22). The summed E-state index contributed by atoms with van der Waals surface area (Å²) in [5.41, 5.74) is 0.727. The Bertz CT molecular complexity index is 1020. The van der Waals surface area contributed by atoms with Gasteiger partial charge in [0.15, 0.2) is 6.61 Å². The minimum atomic E-state index is -3.70. The summed E-state index contributed by atoms with van der Waals surface area (Å²) >= 11 is 0. The number of hydrogen-bond acceptors (Lipinski definition) is 7. The van der Waals surface area contributed by atoms with Crippen LogP contribution >= 0.6 is 0 Å². The summed E-state index contributed by atoms with van der Waals surface area (Å²) < 4.78 is 34.8. The lowest BCUT2D eigenvalue weighted by Gasteiger charge is -2.12. The van der Waals surface area contributed by atoms with E-state index in [-0.39, 0.29) is 10.5 Å². The number of hydrogen-bond donors (Lipinski definition) is 1. The van der Waals surface area contributed by atoms with Gasteiger partial charge in [-0.1, -0.05) is 6.07 Å². The summed E-state index contributed by atoms with van der Waals surface area (Å²) in [5.74, 6) is -1.94. The first kappa shape index (κ1) is 22.1. The zero-order chi connectivity index (χ0) is 21.6. The number of esters is 2. The maximum Gasteiger partial charge on any atom is 0.338 e. The highest BCUT2D eigenvalue weighted by Gasteiger charge is 2.19. The van der Waals surface area contributed by atoms with Gasteiger partial charge < -0.3 is 14.8 Å². The Kier molecular flexibility index (Phi) is 7.08. The normalized spacial score (nSPS) is 11.0. The number of ether oxygens (including phenoxy) is 2. The molecule has 154 valence electrons. The predicted molar refractivity (Wildman–Crippen MR) is 104 cm³/mol. The van der Waals surface area contributed by atoms with Gasteiger partial charge in [-0.05, 0) is 42.5 Å². The van der Waals surface area contributed by atoms with Crippen LogP contribution in [0, 0.1) is 0 Å². The van der Waals surface area contributed by atoms with Crippen molar-refractivity contribution in [3.05, 3.63) is 59.7 Å². The molecule has 0 fully saturated rings. The molecule has 0 unspecified atom stereocenters. The van der Waals surface area contributed by atoms with Crippen molar-refractivity contribution in [1.82, 2.24) is 4.31 Å². The highest BCUT2D eigenvalue weighted by atomic mass is 32.2. The molecule has 0 aliphatic carbocycles. The minimum absolute atomic E-state index is 0.00292. The van der Waals surface area contributed by atoms with Crippen LogP contribution in [-0.4, -0.2) is 58.4 Å². The van der Waals surface area contributed by atoms with Gasteiger partial charge in [0.1, 0.15) is 0 Å². The van der Waals surface area contributed by atoms with Gasteiger partial charge in [0, 0.05) is 19.8 Å². The maximum absolute atomic E-state index is 12.1. The second-order valence-electron chi connectivity index (χ2n) is 6.01. The van der Waals surface area contributed by atoms with Crippen molar-refractivity contribution < 1.29 is 32.3 Å². The van der Waals surface area contributed by atoms with E-state index >= 15 is 0 Å². The van der Waals surface area contributed by atoms with E-state index < -0.39 is 34.5 Å². The molecule has 2 aromatic carbocycles. The van der Waals surface area contributed by atoms with Gasteiger partial charge in [0.05, 0.1) is 23.1 Å². The molecule has 0 aliphatic rings. The van der Waals surface area contributed by atoms with E-state index in [0.717, 1.165) is 4.31 Å². The number of rotatable bonds is 7. The Balaban J connectivity index is 1.97. The Hall–Kier alpha value is -3.24.